The third-order valence-corrected chi connectivity index (χ3v) is 2.89. The first-order valence-electron chi connectivity index (χ1n) is 5.85. The Labute approximate surface area is 100 Å². The molecular weight excluding hydrogens is 204 g/mol. The third-order valence-electron chi connectivity index (χ3n) is 2.46. The van der Waals surface area contributed by atoms with Crippen LogP contribution >= 0.6 is 12.2 Å². The zero-order valence-corrected chi connectivity index (χ0v) is 11.8. The number of nitrogens with zero attached hydrogens (tertiary/aromatic N) is 1. The maximum absolute atomic E-state index is 5.34. The van der Waals surface area contributed by atoms with Crippen LogP contribution < -0.4 is 5.32 Å². The van der Waals surface area contributed by atoms with Gasteiger partial charge in [-0.3, -0.25) is 0 Å². The van der Waals surface area contributed by atoms with E-state index in [1.165, 1.54) is 6.42 Å². The van der Waals surface area contributed by atoms with Gasteiger partial charge >= 0.3 is 0 Å². The Morgan fingerprint density at radius 2 is 1.67 bits per heavy atom. The molecule has 1 N–H and O–H groups in total. The van der Waals surface area contributed by atoms with Crippen LogP contribution in [-0.4, -0.2) is 29.6 Å². The summed E-state index contributed by atoms with van der Waals surface area (Å²) >= 11 is 5.34. The van der Waals surface area contributed by atoms with Gasteiger partial charge < -0.3 is 10.2 Å². The Kier molecular flexibility index (Phi) is 6.90. The number of hydrogen-bond acceptors (Lipinski definition) is 1. The van der Waals surface area contributed by atoms with Crippen LogP contribution in [0.5, 0.6) is 0 Å². The topological polar surface area (TPSA) is 15.3 Å². The van der Waals surface area contributed by atoms with Gasteiger partial charge in [0.05, 0.1) is 0 Å². The van der Waals surface area contributed by atoms with Crippen LogP contribution in [0, 0.1) is 11.8 Å². The zero-order chi connectivity index (χ0) is 12.0. The molecule has 0 aliphatic rings. The van der Waals surface area contributed by atoms with Crippen molar-refractivity contribution in [1.29, 1.82) is 0 Å². The largest absolute Gasteiger partial charge is 0.362 e. The van der Waals surface area contributed by atoms with Crippen molar-refractivity contribution in [2.75, 3.05) is 13.6 Å². The van der Waals surface area contributed by atoms with Gasteiger partial charge in [-0.15, -0.1) is 0 Å². The van der Waals surface area contributed by atoms with E-state index in [0.29, 0.717) is 12.0 Å². The molecule has 0 fully saturated rings. The molecule has 0 spiro atoms. The van der Waals surface area contributed by atoms with E-state index < -0.39 is 0 Å². The maximum Gasteiger partial charge on any atom is 0.168 e. The first-order valence-corrected chi connectivity index (χ1v) is 6.26. The van der Waals surface area contributed by atoms with Crippen LogP contribution in [0.4, 0.5) is 0 Å². The summed E-state index contributed by atoms with van der Waals surface area (Å²) in [7, 11) is 2.07. The molecule has 0 aromatic heterocycles. The molecule has 0 aliphatic carbocycles. The van der Waals surface area contributed by atoms with E-state index in [1.54, 1.807) is 0 Å². The van der Waals surface area contributed by atoms with Crippen LogP contribution in [0.1, 0.15) is 41.0 Å². The monoisotopic (exact) mass is 230 g/mol. The lowest BCUT2D eigenvalue weighted by atomic mass is 10.0. The summed E-state index contributed by atoms with van der Waals surface area (Å²) < 4.78 is 0. The average Bonchev–Trinajstić information content (AvgIpc) is 2.11. The second-order valence-corrected chi connectivity index (χ2v) is 5.56. The molecule has 1 atom stereocenters. The predicted molar refractivity (Wildman–Crippen MR) is 72.1 cm³/mol. The quantitative estimate of drug-likeness (QED) is 0.731. The second kappa shape index (κ2) is 7.04. The van der Waals surface area contributed by atoms with E-state index in [9.17, 15) is 0 Å². The predicted octanol–water partition coefficient (Wildman–Crippen LogP) is 2.88. The smallest absolute Gasteiger partial charge is 0.168 e. The van der Waals surface area contributed by atoms with Gasteiger partial charge in [0.1, 0.15) is 0 Å². The lowest BCUT2D eigenvalue weighted by Crippen LogP contribution is -2.43. The summed E-state index contributed by atoms with van der Waals surface area (Å²) in [6.45, 7) is 12.0. The molecule has 15 heavy (non-hydrogen) atoms. The maximum atomic E-state index is 5.34. The lowest BCUT2D eigenvalue weighted by Gasteiger charge is -2.29. The Morgan fingerprint density at radius 1 is 1.13 bits per heavy atom. The highest BCUT2D eigenvalue weighted by atomic mass is 32.1. The van der Waals surface area contributed by atoms with Crippen LogP contribution in [0.15, 0.2) is 0 Å². The molecule has 0 aromatic rings. The van der Waals surface area contributed by atoms with Crippen molar-refractivity contribution < 1.29 is 0 Å². The number of rotatable bonds is 5. The molecule has 0 saturated carbocycles. The third kappa shape index (κ3) is 6.72. The first kappa shape index (κ1) is 14.7. The fourth-order valence-electron chi connectivity index (χ4n) is 1.46. The van der Waals surface area contributed by atoms with Gasteiger partial charge in [-0.2, -0.15) is 0 Å². The van der Waals surface area contributed by atoms with Crippen molar-refractivity contribution in [3.8, 4) is 0 Å². The van der Waals surface area contributed by atoms with Crippen molar-refractivity contribution in [1.82, 2.24) is 10.2 Å². The van der Waals surface area contributed by atoms with Gasteiger partial charge in [0, 0.05) is 19.6 Å². The van der Waals surface area contributed by atoms with Gasteiger partial charge in [0.2, 0.25) is 0 Å². The molecule has 0 bridgehead atoms. The normalized spacial score (nSPS) is 13.1. The highest BCUT2D eigenvalue weighted by molar-refractivity contribution is 7.80. The summed E-state index contributed by atoms with van der Waals surface area (Å²) in [4.78, 5) is 2.16. The van der Waals surface area contributed by atoms with E-state index in [2.05, 4.69) is 51.9 Å². The molecule has 2 nitrogen and oxygen atoms in total. The molecule has 3 heteroatoms. The van der Waals surface area contributed by atoms with Gasteiger partial charge in [-0.05, 0) is 37.4 Å². The fourth-order valence-corrected chi connectivity index (χ4v) is 1.72. The molecule has 0 rings (SSSR count). The van der Waals surface area contributed by atoms with Crippen molar-refractivity contribution in [2.45, 2.75) is 47.1 Å². The number of nitrogens with one attached hydrogen (secondary N) is 1. The van der Waals surface area contributed by atoms with Crippen molar-refractivity contribution in [3.05, 3.63) is 0 Å². The summed E-state index contributed by atoms with van der Waals surface area (Å²) in [5.41, 5.74) is 0. The highest BCUT2D eigenvalue weighted by Gasteiger charge is 2.13. The molecular formula is C12H26N2S. The Balaban J connectivity index is 3.96. The molecule has 0 aromatic carbocycles. The second-order valence-electron chi connectivity index (χ2n) is 5.17. The standard InChI is InChI=1S/C12H26N2S/c1-9(2)7-11(5)14(6)12(15)13-8-10(3)4/h9-11H,7-8H2,1-6H3,(H,13,15). The van der Waals surface area contributed by atoms with Crippen molar-refractivity contribution >= 4 is 17.3 Å². The van der Waals surface area contributed by atoms with Crippen molar-refractivity contribution in [3.63, 3.8) is 0 Å². The minimum Gasteiger partial charge on any atom is -0.362 e. The van der Waals surface area contributed by atoms with E-state index in [0.717, 1.165) is 17.6 Å². The van der Waals surface area contributed by atoms with E-state index in [-0.39, 0.29) is 0 Å². The molecule has 0 radical (unpaired) electrons. The average molecular weight is 230 g/mol. The Bertz CT molecular complexity index is 190. The van der Waals surface area contributed by atoms with E-state index >= 15 is 0 Å². The molecule has 0 amide bonds. The lowest BCUT2D eigenvalue weighted by molar-refractivity contribution is 0.328. The first-order chi connectivity index (χ1) is 6.84. The molecule has 0 saturated heterocycles. The number of thiocarbonyl (C=S) groups is 1. The van der Waals surface area contributed by atoms with Gasteiger partial charge in [0.25, 0.3) is 0 Å². The highest BCUT2D eigenvalue weighted by Crippen LogP contribution is 2.09. The van der Waals surface area contributed by atoms with Gasteiger partial charge in [-0.25, -0.2) is 0 Å². The van der Waals surface area contributed by atoms with Gasteiger partial charge in [0.15, 0.2) is 5.11 Å². The number of hydrogen-bond donors (Lipinski definition) is 1. The molecule has 90 valence electrons. The molecule has 0 heterocycles. The Morgan fingerprint density at radius 3 is 2.07 bits per heavy atom. The Hall–Kier alpha value is -0.310. The van der Waals surface area contributed by atoms with E-state index in [1.807, 2.05) is 0 Å². The summed E-state index contributed by atoms with van der Waals surface area (Å²) in [6, 6.07) is 0.511. The minimum atomic E-state index is 0.511. The van der Waals surface area contributed by atoms with Crippen LogP contribution in [-0.2, 0) is 0 Å². The summed E-state index contributed by atoms with van der Waals surface area (Å²) in [6.07, 6.45) is 1.18. The van der Waals surface area contributed by atoms with Crippen LogP contribution in [0.25, 0.3) is 0 Å². The minimum absolute atomic E-state index is 0.511. The SMILES string of the molecule is CC(C)CNC(=S)N(C)C(C)CC(C)C. The fraction of sp³-hybridized carbons (Fsp3) is 0.917. The van der Waals surface area contributed by atoms with E-state index in [4.69, 9.17) is 12.2 Å². The van der Waals surface area contributed by atoms with Crippen molar-refractivity contribution in [2.24, 2.45) is 11.8 Å². The van der Waals surface area contributed by atoms with Gasteiger partial charge in [-0.1, -0.05) is 27.7 Å². The van der Waals surface area contributed by atoms with Crippen LogP contribution in [0.2, 0.25) is 0 Å². The molecule has 0 aliphatic heterocycles. The summed E-state index contributed by atoms with van der Waals surface area (Å²) in [5.74, 6) is 1.35. The summed E-state index contributed by atoms with van der Waals surface area (Å²) in [5, 5.41) is 4.17. The molecule has 1 unspecified atom stereocenters. The van der Waals surface area contributed by atoms with Crippen LogP contribution in [0.3, 0.4) is 0 Å². The zero-order valence-electron chi connectivity index (χ0n) is 11.0.